The lowest BCUT2D eigenvalue weighted by Crippen LogP contribution is -2.23. The maximum absolute atomic E-state index is 11.5. The third kappa shape index (κ3) is 4.54. The van der Waals surface area contributed by atoms with Gasteiger partial charge in [-0.2, -0.15) is 0 Å². The number of anilines is 1. The van der Waals surface area contributed by atoms with E-state index in [1.54, 1.807) is 38.4 Å². The number of amides is 1. The van der Waals surface area contributed by atoms with E-state index in [1.165, 1.54) is 4.90 Å². The Balaban J connectivity index is 2.72. The molecule has 0 saturated heterocycles. The van der Waals surface area contributed by atoms with Gasteiger partial charge in [-0.15, -0.1) is 11.6 Å². The Morgan fingerprint density at radius 1 is 1.28 bits per heavy atom. The monoisotopic (exact) mass is 290 g/mol. The van der Waals surface area contributed by atoms with Crippen molar-refractivity contribution in [2.75, 3.05) is 24.0 Å². The molecule has 5 nitrogen and oxygen atoms in total. The predicted octanol–water partition coefficient (Wildman–Crippen LogP) is 1.26. The standard InChI is InChI=1S/C11H15ClN2O3S/c1-14(2)11(15)7-9-3-5-10(6-4-9)13-18(16,17)8-12/h3-6,13H,7-8H2,1-2H3. The molecule has 0 fully saturated rings. The molecule has 0 bridgehead atoms. The van der Waals surface area contributed by atoms with E-state index in [-0.39, 0.29) is 12.3 Å². The van der Waals surface area contributed by atoms with E-state index in [9.17, 15) is 13.2 Å². The van der Waals surface area contributed by atoms with Crippen LogP contribution >= 0.6 is 11.6 Å². The summed E-state index contributed by atoms with van der Waals surface area (Å²) in [6.45, 7) is 0. The fourth-order valence-electron chi connectivity index (χ4n) is 1.23. The van der Waals surface area contributed by atoms with Crippen molar-refractivity contribution in [2.24, 2.45) is 0 Å². The van der Waals surface area contributed by atoms with E-state index in [0.29, 0.717) is 5.69 Å². The number of hydrogen-bond acceptors (Lipinski definition) is 3. The first-order valence-electron chi connectivity index (χ1n) is 5.19. The van der Waals surface area contributed by atoms with Crippen molar-refractivity contribution in [3.63, 3.8) is 0 Å². The molecular formula is C11H15ClN2O3S. The van der Waals surface area contributed by atoms with Gasteiger partial charge in [0, 0.05) is 19.8 Å². The molecule has 1 N–H and O–H groups in total. The molecule has 0 heterocycles. The molecule has 100 valence electrons. The Labute approximate surface area is 112 Å². The van der Waals surface area contributed by atoms with Gasteiger partial charge in [0.05, 0.1) is 6.42 Å². The first kappa shape index (κ1) is 14.8. The number of alkyl halides is 1. The number of likely N-dealkylation sites (N-methyl/N-ethyl adjacent to an activating group) is 1. The molecule has 0 aromatic heterocycles. The second-order valence-electron chi connectivity index (χ2n) is 3.99. The summed E-state index contributed by atoms with van der Waals surface area (Å²) in [6, 6.07) is 6.60. The van der Waals surface area contributed by atoms with Gasteiger partial charge in [0.25, 0.3) is 0 Å². The SMILES string of the molecule is CN(C)C(=O)Cc1ccc(NS(=O)(=O)CCl)cc1. The number of benzene rings is 1. The number of carbonyl (C=O) groups is 1. The average molecular weight is 291 g/mol. The zero-order valence-electron chi connectivity index (χ0n) is 10.2. The van der Waals surface area contributed by atoms with Crippen LogP contribution in [-0.2, 0) is 21.2 Å². The van der Waals surface area contributed by atoms with Crippen molar-refractivity contribution in [2.45, 2.75) is 6.42 Å². The highest BCUT2D eigenvalue weighted by Gasteiger charge is 2.09. The molecule has 0 atom stereocenters. The van der Waals surface area contributed by atoms with Crippen molar-refractivity contribution in [3.8, 4) is 0 Å². The van der Waals surface area contributed by atoms with Crippen LogP contribution in [0.5, 0.6) is 0 Å². The minimum atomic E-state index is -3.48. The first-order chi connectivity index (χ1) is 8.34. The summed E-state index contributed by atoms with van der Waals surface area (Å²) in [4.78, 5) is 13.0. The van der Waals surface area contributed by atoms with Gasteiger partial charge in [0.15, 0.2) is 0 Å². The minimum absolute atomic E-state index is 0.0101. The van der Waals surface area contributed by atoms with Gasteiger partial charge in [0.1, 0.15) is 5.21 Å². The molecule has 0 aliphatic carbocycles. The lowest BCUT2D eigenvalue weighted by molar-refractivity contribution is -0.127. The number of nitrogens with one attached hydrogen (secondary N) is 1. The lowest BCUT2D eigenvalue weighted by atomic mass is 10.1. The highest BCUT2D eigenvalue weighted by molar-refractivity contribution is 7.93. The fraction of sp³-hybridized carbons (Fsp3) is 0.364. The smallest absolute Gasteiger partial charge is 0.246 e. The topological polar surface area (TPSA) is 66.5 Å². The van der Waals surface area contributed by atoms with E-state index >= 15 is 0 Å². The molecule has 0 spiro atoms. The molecule has 1 aromatic rings. The van der Waals surface area contributed by atoms with Crippen LogP contribution in [0, 0.1) is 0 Å². The van der Waals surface area contributed by atoms with Crippen molar-refractivity contribution in [3.05, 3.63) is 29.8 Å². The molecule has 0 unspecified atom stereocenters. The third-order valence-corrected chi connectivity index (χ3v) is 3.92. The van der Waals surface area contributed by atoms with Crippen LogP contribution in [0.15, 0.2) is 24.3 Å². The summed E-state index contributed by atoms with van der Waals surface area (Å²) >= 11 is 5.28. The molecule has 1 aromatic carbocycles. The Kier molecular flexibility index (Phi) is 4.98. The van der Waals surface area contributed by atoms with Gasteiger partial charge in [-0.1, -0.05) is 12.1 Å². The molecule has 1 rings (SSSR count). The number of carbonyl (C=O) groups excluding carboxylic acids is 1. The number of rotatable bonds is 5. The second-order valence-corrected chi connectivity index (χ2v) is 6.29. The van der Waals surface area contributed by atoms with E-state index in [1.807, 2.05) is 0 Å². The Hall–Kier alpha value is -1.27. The quantitative estimate of drug-likeness (QED) is 0.830. The summed E-state index contributed by atoms with van der Waals surface area (Å²) in [5.74, 6) is -0.0101. The Morgan fingerprint density at radius 2 is 1.83 bits per heavy atom. The number of nitrogens with zero attached hydrogens (tertiary/aromatic N) is 1. The van der Waals surface area contributed by atoms with Crippen LogP contribution in [0.2, 0.25) is 0 Å². The lowest BCUT2D eigenvalue weighted by Gasteiger charge is -2.10. The van der Waals surface area contributed by atoms with Crippen LogP contribution < -0.4 is 4.72 Å². The fourth-order valence-corrected chi connectivity index (χ4v) is 1.94. The Morgan fingerprint density at radius 3 is 2.28 bits per heavy atom. The van der Waals surface area contributed by atoms with Gasteiger partial charge in [0.2, 0.25) is 15.9 Å². The van der Waals surface area contributed by atoms with E-state index in [2.05, 4.69) is 4.72 Å². The van der Waals surface area contributed by atoms with Crippen molar-refractivity contribution in [1.82, 2.24) is 4.90 Å². The molecule has 1 amide bonds. The maximum Gasteiger partial charge on any atom is 0.246 e. The predicted molar refractivity (Wildman–Crippen MR) is 72.1 cm³/mol. The van der Waals surface area contributed by atoms with Gasteiger partial charge in [-0.05, 0) is 17.7 Å². The van der Waals surface area contributed by atoms with Gasteiger partial charge >= 0.3 is 0 Å². The Bertz CT molecular complexity index is 512. The molecule has 7 heteroatoms. The van der Waals surface area contributed by atoms with Gasteiger partial charge in [-0.3, -0.25) is 9.52 Å². The van der Waals surface area contributed by atoms with Crippen molar-refractivity contribution in [1.29, 1.82) is 0 Å². The summed E-state index contributed by atoms with van der Waals surface area (Å²) in [5.41, 5.74) is 1.25. The van der Waals surface area contributed by atoms with Crippen molar-refractivity contribution < 1.29 is 13.2 Å². The number of hydrogen-bond donors (Lipinski definition) is 1. The normalized spacial score (nSPS) is 11.1. The summed E-state index contributed by atoms with van der Waals surface area (Å²) in [7, 11) is -0.110. The highest BCUT2D eigenvalue weighted by Crippen LogP contribution is 2.12. The first-order valence-corrected chi connectivity index (χ1v) is 7.38. The molecule has 0 aliphatic heterocycles. The summed E-state index contributed by atoms with van der Waals surface area (Å²) in [6.07, 6.45) is 0.287. The third-order valence-electron chi connectivity index (χ3n) is 2.23. The molecule has 0 radical (unpaired) electrons. The van der Waals surface area contributed by atoms with Crippen LogP contribution in [0.3, 0.4) is 0 Å². The van der Waals surface area contributed by atoms with Crippen LogP contribution in [0.25, 0.3) is 0 Å². The van der Waals surface area contributed by atoms with Gasteiger partial charge in [-0.25, -0.2) is 8.42 Å². The minimum Gasteiger partial charge on any atom is -0.349 e. The summed E-state index contributed by atoms with van der Waals surface area (Å²) < 4.78 is 24.7. The molecule has 18 heavy (non-hydrogen) atoms. The highest BCUT2D eigenvalue weighted by atomic mass is 35.5. The van der Waals surface area contributed by atoms with E-state index < -0.39 is 15.2 Å². The zero-order valence-corrected chi connectivity index (χ0v) is 11.8. The van der Waals surface area contributed by atoms with E-state index in [0.717, 1.165) is 5.56 Å². The number of halogens is 1. The molecular weight excluding hydrogens is 276 g/mol. The van der Waals surface area contributed by atoms with Crippen LogP contribution in [0.4, 0.5) is 5.69 Å². The van der Waals surface area contributed by atoms with Crippen LogP contribution in [0.1, 0.15) is 5.56 Å². The summed E-state index contributed by atoms with van der Waals surface area (Å²) in [5, 5.41) is -0.492. The van der Waals surface area contributed by atoms with Crippen molar-refractivity contribution >= 4 is 33.2 Å². The second kappa shape index (κ2) is 6.06. The molecule has 0 aliphatic rings. The average Bonchev–Trinajstić information content (AvgIpc) is 2.31. The largest absolute Gasteiger partial charge is 0.349 e. The van der Waals surface area contributed by atoms with E-state index in [4.69, 9.17) is 11.6 Å². The number of sulfonamides is 1. The van der Waals surface area contributed by atoms with Crippen LogP contribution in [-0.4, -0.2) is 38.5 Å². The maximum atomic E-state index is 11.5. The zero-order chi connectivity index (χ0) is 13.8. The van der Waals surface area contributed by atoms with Gasteiger partial charge < -0.3 is 4.90 Å². The molecule has 0 saturated carbocycles.